The number of carbonyl (C=O) groups excluding carboxylic acids is 2. The van der Waals surface area contributed by atoms with E-state index in [9.17, 15) is 14.0 Å². The molecule has 0 bridgehead atoms. The topological polar surface area (TPSA) is 76.5 Å². The summed E-state index contributed by atoms with van der Waals surface area (Å²) >= 11 is 6.07. The van der Waals surface area contributed by atoms with Crippen LogP contribution in [0.4, 0.5) is 10.3 Å². The highest BCUT2D eigenvalue weighted by Gasteiger charge is 2.23. The normalized spacial score (nSPS) is 10.7. The highest BCUT2D eigenvalue weighted by molar-refractivity contribution is 6.30. The highest BCUT2D eigenvalue weighted by Crippen LogP contribution is 2.27. The van der Waals surface area contributed by atoms with Crippen molar-refractivity contribution < 1.29 is 18.7 Å². The Kier molecular flexibility index (Phi) is 8.41. The Labute approximate surface area is 241 Å². The molecule has 0 spiro atoms. The second-order valence-electron chi connectivity index (χ2n) is 9.20. The lowest BCUT2D eigenvalue weighted by Gasteiger charge is -2.23. The fraction of sp³-hybridized carbons (Fsp3) is 0.0938. The number of rotatable bonds is 9. The Hall–Kier alpha value is -4.95. The van der Waals surface area contributed by atoms with Gasteiger partial charge in [0.1, 0.15) is 18.1 Å². The van der Waals surface area contributed by atoms with Gasteiger partial charge in [-0.1, -0.05) is 72.3 Å². The van der Waals surface area contributed by atoms with Crippen molar-refractivity contribution in [2.24, 2.45) is 0 Å². The fourth-order valence-corrected chi connectivity index (χ4v) is 4.46. The maximum absolute atomic E-state index is 14.5. The Morgan fingerprint density at radius 1 is 0.951 bits per heavy atom. The first-order valence-corrected chi connectivity index (χ1v) is 13.2. The molecule has 0 fully saturated rings. The van der Waals surface area contributed by atoms with E-state index in [4.69, 9.17) is 16.3 Å². The highest BCUT2D eigenvalue weighted by atomic mass is 35.5. The number of aromatic nitrogens is 2. The first-order valence-electron chi connectivity index (χ1n) is 12.8. The van der Waals surface area contributed by atoms with Crippen molar-refractivity contribution in [2.45, 2.75) is 6.54 Å². The number of hydrogen-bond donors (Lipinski definition) is 1. The molecule has 0 atom stereocenters. The van der Waals surface area contributed by atoms with Gasteiger partial charge in [0.25, 0.3) is 5.91 Å². The monoisotopic (exact) mass is 568 g/mol. The van der Waals surface area contributed by atoms with Crippen LogP contribution in [0.15, 0.2) is 109 Å². The number of halogens is 2. The van der Waals surface area contributed by atoms with E-state index >= 15 is 0 Å². The van der Waals surface area contributed by atoms with Gasteiger partial charge in [-0.05, 0) is 42.0 Å². The van der Waals surface area contributed by atoms with Gasteiger partial charge < -0.3 is 9.64 Å². The van der Waals surface area contributed by atoms with Crippen LogP contribution in [-0.2, 0) is 11.3 Å². The summed E-state index contributed by atoms with van der Waals surface area (Å²) in [5, 5.41) is 3.43. The van der Waals surface area contributed by atoms with Crippen LogP contribution < -0.4 is 10.1 Å². The van der Waals surface area contributed by atoms with E-state index in [-0.39, 0.29) is 24.6 Å². The van der Waals surface area contributed by atoms with Crippen LogP contribution in [0.1, 0.15) is 15.9 Å². The van der Waals surface area contributed by atoms with Crippen LogP contribution in [0.25, 0.3) is 16.9 Å². The van der Waals surface area contributed by atoms with E-state index in [1.807, 2.05) is 66.7 Å². The smallest absolute Gasteiger partial charge is 0.257 e. The van der Waals surface area contributed by atoms with Gasteiger partial charge in [0, 0.05) is 29.4 Å². The van der Waals surface area contributed by atoms with E-state index in [0.717, 1.165) is 11.1 Å². The van der Waals surface area contributed by atoms with Gasteiger partial charge in [-0.15, -0.1) is 0 Å². The second kappa shape index (κ2) is 12.5. The van der Waals surface area contributed by atoms with Gasteiger partial charge in [-0.2, -0.15) is 0 Å². The molecule has 0 saturated carbocycles. The Balaban J connectivity index is 1.46. The SMILES string of the molecule is COc1cccc(-n2cc(-c3ccc(Cl)cc3)nc2NC(=O)CN(Cc2ccccc2)C(=O)c2ccccc2F)c1. The average Bonchev–Trinajstić information content (AvgIpc) is 3.41. The Morgan fingerprint density at radius 3 is 2.41 bits per heavy atom. The minimum absolute atomic E-state index is 0.112. The number of benzene rings is 4. The van der Waals surface area contributed by atoms with Crippen molar-refractivity contribution in [1.82, 2.24) is 14.5 Å². The first kappa shape index (κ1) is 27.6. The summed E-state index contributed by atoms with van der Waals surface area (Å²) in [6, 6.07) is 29.4. The minimum atomic E-state index is -0.655. The van der Waals surface area contributed by atoms with Gasteiger partial charge in [0.05, 0.1) is 24.1 Å². The molecule has 0 radical (unpaired) electrons. The van der Waals surface area contributed by atoms with Crippen LogP contribution >= 0.6 is 11.6 Å². The van der Waals surface area contributed by atoms with Crippen molar-refractivity contribution in [3.05, 3.63) is 131 Å². The zero-order chi connectivity index (χ0) is 28.8. The Bertz CT molecular complexity index is 1670. The molecule has 4 aromatic carbocycles. The predicted molar refractivity (Wildman–Crippen MR) is 157 cm³/mol. The van der Waals surface area contributed by atoms with Crippen molar-refractivity contribution >= 4 is 29.4 Å². The summed E-state index contributed by atoms with van der Waals surface area (Å²) in [7, 11) is 1.57. The van der Waals surface area contributed by atoms with Gasteiger partial charge in [0.2, 0.25) is 11.9 Å². The van der Waals surface area contributed by atoms with Crippen molar-refractivity contribution in [1.29, 1.82) is 0 Å². The maximum atomic E-state index is 14.5. The zero-order valence-electron chi connectivity index (χ0n) is 22.1. The molecule has 41 heavy (non-hydrogen) atoms. The number of amides is 2. The molecule has 0 unspecified atom stereocenters. The van der Waals surface area contributed by atoms with Gasteiger partial charge in [0.15, 0.2) is 0 Å². The van der Waals surface area contributed by atoms with Crippen molar-refractivity contribution in [2.75, 3.05) is 19.0 Å². The minimum Gasteiger partial charge on any atom is -0.497 e. The Morgan fingerprint density at radius 2 is 1.68 bits per heavy atom. The number of hydrogen-bond acceptors (Lipinski definition) is 4. The number of ether oxygens (including phenoxy) is 1. The number of nitrogens with one attached hydrogen (secondary N) is 1. The van der Waals surface area contributed by atoms with E-state index < -0.39 is 17.6 Å². The van der Waals surface area contributed by atoms with Crippen molar-refractivity contribution in [3.63, 3.8) is 0 Å². The molecule has 7 nitrogen and oxygen atoms in total. The molecule has 2 amide bonds. The van der Waals surface area contributed by atoms with Crippen LogP contribution in [-0.4, -0.2) is 39.9 Å². The van der Waals surface area contributed by atoms with E-state index in [2.05, 4.69) is 10.3 Å². The standard InChI is InChI=1S/C32H26ClFN4O3/c1-41-26-11-7-10-25(18-26)38-20-29(23-14-16-24(33)17-15-23)35-32(38)36-30(39)21-37(19-22-8-3-2-4-9-22)31(40)27-12-5-6-13-28(27)34/h2-18,20H,19,21H2,1H3,(H,35,36,39). The molecule has 5 rings (SSSR count). The third kappa shape index (κ3) is 6.62. The number of carbonyl (C=O) groups is 2. The molecule has 0 saturated heterocycles. The third-order valence-electron chi connectivity index (χ3n) is 6.37. The number of imidazole rings is 1. The molecule has 0 aliphatic carbocycles. The van der Waals surface area contributed by atoms with Crippen LogP contribution in [0.2, 0.25) is 5.02 Å². The van der Waals surface area contributed by atoms with Gasteiger partial charge >= 0.3 is 0 Å². The maximum Gasteiger partial charge on any atom is 0.257 e. The summed E-state index contributed by atoms with van der Waals surface area (Å²) in [6.07, 6.45) is 1.79. The third-order valence-corrected chi connectivity index (χ3v) is 6.62. The molecule has 5 aromatic rings. The largest absolute Gasteiger partial charge is 0.497 e. The summed E-state index contributed by atoms with van der Waals surface area (Å²) in [5.74, 6) is -0.877. The lowest BCUT2D eigenvalue weighted by Crippen LogP contribution is -2.38. The van der Waals surface area contributed by atoms with Crippen molar-refractivity contribution in [3.8, 4) is 22.7 Å². The number of methoxy groups -OCH3 is 1. The number of anilines is 1. The lowest BCUT2D eigenvalue weighted by molar-refractivity contribution is -0.117. The molecular formula is C32H26ClFN4O3. The second-order valence-corrected chi connectivity index (χ2v) is 9.64. The first-order chi connectivity index (χ1) is 19.9. The number of nitrogens with zero attached hydrogens (tertiary/aromatic N) is 3. The summed E-state index contributed by atoms with van der Waals surface area (Å²) in [4.78, 5) is 32.8. The summed E-state index contributed by atoms with van der Waals surface area (Å²) in [6.45, 7) is -0.217. The molecule has 0 aliphatic rings. The average molecular weight is 569 g/mol. The molecular weight excluding hydrogens is 543 g/mol. The quantitative estimate of drug-likeness (QED) is 0.217. The van der Waals surface area contributed by atoms with E-state index in [1.54, 1.807) is 36.1 Å². The summed E-state index contributed by atoms with van der Waals surface area (Å²) in [5.41, 5.74) is 2.79. The van der Waals surface area contributed by atoms with Gasteiger partial charge in [-0.3, -0.25) is 19.5 Å². The predicted octanol–water partition coefficient (Wildman–Crippen LogP) is 6.62. The molecule has 1 aromatic heterocycles. The van der Waals surface area contributed by atoms with Crippen LogP contribution in [0, 0.1) is 5.82 Å². The van der Waals surface area contributed by atoms with Crippen LogP contribution in [0.3, 0.4) is 0 Å². The molecule has 9 heteroatoms. The lowest BCUT2D eigenvalue weighted by atomic mass is 10.1. The molecule has 0 aliphatic heterocycles. The van der Waals surface area contributed by atoms with Gasteiger partial charge in [-0.25, -0.2) is 9.37 Å². The fourth-order valence-electron chi connectivity index (χ4n) is 4.33. The van der Waals surface area contributed by atoms with E-state index in [0.29, 0.717) is 22.2 Å². The molecule has 1 N–H and O–H groups in total. The molecule has 206 valence electrons. The van der Waals surface area contributed by atoms with E-state index in [1.165, 1.54) is 23.1 Å². The van der Waals surface area contributed by atoms with Crippen LogP contribution in [0.5, 0.6) is 5.75 Å². The molecule has 1 heterocycles. The zero-order valence-corrected chi connectivity index (χ0v) is 22.9. The summed E-state index contributed by atoms with van der Waals surface area (Å²) < 4.78 is 21.6.